The summed E-state index contributed by atoms with van der Waals surface area (Å²) in [6.45, 7) is 0. The van der Waals surface area contributed by atoms with Gasteiger partial charge in [0.1, 0.15) is 11.6 Å². The lowest BCUT2D eigenvalue weighted by Gasteiger charge is -2.10. The highest BCUT2D eigenvalue weighted by Crippen LogP contribution is 2.30. The Hall–Kier alpha value is -3.04. The zero-order valence-corrected chi connectivity index (χ0v) is 13.7. The molecule has 5 nitrogen and oxygen atoms in total. The Morgan fingerprint density at radius 2 is 1.25 bits per heavy atom. The van der Waals surface area contributed by atoms with Crippen molar-refractivity contribution in [1.82, 2.24) is 9.97 Å². The normalized spacial score (nSPS) is 11.0. The summed E-state index contributed by atoms with van der Waals surface area (Å²) >= 11 is 0. The number of nitriles is 1. The van der Waals surface area contributed by atoms with Crippen molar-refractivity contribution in [2.45, 2.75) is 5.16 Å². The Bertz CT molecular complexity index is 964. The topological polar surface area (TPSA) is 83.7 Å². The minimum absolute atomic E-state index is 0.250. The van der Waals surface area contributed by atoms with Crippen LogP contribution in [0.1, 0.15) is 5.56 Å². The van der Waals surface area contributed by atoms with E-state index in [-0.39, 0.29) is 10.7 Å². The number of hydrogen-bond donors (Lipinski definition) is 0. The number of benzene rings is 2. The molecule has 24 heavy (non-hydrogen) atoms. The smallest absolute Gasteiger partial charge is 0.221 e. The van der Waals surface area contributed by atoms with Crippen LogP contribution in [0.2, 0.25) is 0 Å². The highest BCUT2D eigenvalue weighted by atomic mass is 32.2. The van der Waals surface area contributed by atoms with Gasteiger partial charge >= 0.3 is 0 Å². The molecule has 0 N–H and O–H groups in total. The van der Waals surface area contributed by atoms with Crippen molar-refractivity contribution in [3.05, 3.63) is 66.2 Å². The SMILES string of the molecule is CS(=O)(=O)c1nc(-c2ccccc2)c(C#N)c(-c2ccccc2)n1. The summed E-state index contributed by atoms with van der Waals surface area (Å²) in [5.74, 6) is 0. The van der Waals surface area contributed by atoms with Crippen LogP contribution in [0, 0.1) is 11.3 Å². The first-order valence-corrected chi connectivity index (χ1v) is 9.03. The van der Waals surface area contributed by atoms with Gasteiger partial charge in [0.2, 0.25) is 15.0 Å². The molecule has 0 unspecified atom stereocenters. The van der Waals surface area contributed by atoms with Gasteiger partial charge in [-0.05, 0) is 0 Å². The Morgan fingerprint density at radius 1 is 0.833 bits per heavy atom. The van der Waals surface area contributed by atoms with E-state index in [4.69, 9.17) is 0 Å². The van der Waals surface area contributed by atoms with Crippen LogP contribution in [0.15, 0.2) is 65.8 Å². The van der Waals surface area contributed by atoms with Gasteiger partial charge in [0, 0.05) is 17.4 Å². The minimum Gasteiger partial charge on any atom is -0.221 e. The lowest BCUT2D eigenvalue weighted by molar-refractivity contribution is 0.593. The molecular formula is C18H13N3O2S. The van der Waals surface area contributed by atoms with Gasteiger partial charge in [-0.15, -0.1) is 0 Å². The van der Waals surface area contributed by atoms with Crippen LogP contribution in [-0.4, -0.2) is 24.6 Å². The van der Waals surface area contributed by atoms with E-state index in [1.54, 1.807) is 48.5 Å². The molecule has 6 heteroatoms. The zero-order chi connectivity index (χ0) is 17.2. The van der Waals surface area contributed by atoms with Gasteiger partial charge in [0.15, 0.2) is 0 Å². The van der Waals surface area contributed by atoms with Crippen LogP contribution < -0.4 is 0 Å². The van der Waals surface area contributed by atoms with Gasteiger partial charge in [-0.25, -0.2) is 18.4 Å². The molecule has 0 saturated heterocycles. The van der Waals surface area contributed by atoms with Crippen LogP contribution in [0.4, 0.5) is 0 Å². The van der Waals surface area contributed by atoms with Crippen molar-refractivity contribution in [3.8, 4) is 28.6 Å². The van der Waals surface area contributed by atoms with Gasteiger partial charge in [0.25, 0.3) is 0 Å². The molecule has 0 saturated carbocycles. The first-order chi connectivity index (χ1) is 11.5. The Labute approximate surface area is 140 Å². The van der Waals surface area contributed by atoms with Crippen LogP contribution in [0.5, 0.6) is 0 Å². The van der Waals surface area contributed by atoms with E-state index in [1.807, 2.05) is 12.1 Å². The number of nitrogens with zero attached hydrogens (tertiary/aromatic N) is 3. The van der Waals surface area contributed by atoms with E-state index < -0.39 is 9.84 Å². The fraction of sp³-hybridized carbons (Fsp3) is 0.0556. The molecule has 0 atom stereocenters. The Kier molecular flexibility index (Phi) is 4.11. The van der Waals surface area contributed by atoms with E-state index in [9.17, 15) is 13.7 Å². The minimum atomic E-state index is -3.62. The van der Waals surface area contributed by atoms with Crippen molar-refractivity contribution in [3.63, 3.8) is 0 Å². The molecule has 0 fully saturated rings. The second-order valence-electron chi connectivity index (χ2n) is 5.19. The average molecular weight is 335 g/mol. The number of sulfone groups is 1. The summed E-state index contributed by atoms with van der Waals surface area (Å²) in [5.41, 5.74) is 2.21. The van der Waals surface area contributed by atoms with Crippen molar-refractivity contribution in [1.29, 1.82) is 5.26 Å². The van der Waals surface area contributed by atoms with Crippen molar-refractivity contribution in [2.75, 3.05) is 6.26 Å². The standard InChI is InChI=1S/C18H13N3O2S/c1-24(22,23)18-20-16(13-8-4-2-5-9-13)15(12-19)17(21-18)14-10-6-3-7-11-14/h2-11H,1H3. The third-order valence-corrected chi connectivity index (χ3v) is 4.27. The van der Waals surface area contributed by atoms with Gasteiger partial charge < -0.3 is 0 Å². The molecule has 3 aromatic rings. The lowest BCUT2D eigenvalue weighted by atomic mass is 10.0. The number of hydrogen-bond acceptors (Lipinski definition) is 5. The van der Waals surface area contributed by atoms with Crippen LogP contribution in [-0.2, 0) is 9.84 Å². The van der Waals surface area contributed by atoms with Gasteiger partial charge in [-0.2, -0.15) is 5.26 Å². The second-order valence-corrected chi connectivity index (χ2v) is 7.10. The molecule has 0 aliphatic rings. The largest absolute Gasteiger partial charge is 0.248 e. The predicted octanol–water partition coefficient (Wildman–Crippen LogP) is 3.09. The molecule has 3 rings (SSSR count). The zero-order valence-electron chi connectivity index (χ0n) is 12.8. The quantitative estimate of drug-likeness (QED) is 0.687. The summed E-state index contributed by atoms with van der Waals surface area (Å²) in [6.07, 6.45) is 1.05. The molecule has 118 valence electrons. The molecule has 0 bridgehead atoms. The first-order valence-electron chi connectivity index (χ1n) is 7.14. The van der Waals surface area contributed by atoms with Crippen LogP contribution >= 0.6 is 0 Å². The summed E-state index contributed by atoms with van der Waals surface area (Å²) in [6, 6.07) is 20.2. The van der Waals surface area contributed by atoms with Crippen LogP contribution in [0.3, 0.4) is 0 Å². The lowest BCUT2D eigenvalue weighted by Crippen LogP contribution is -2.08. The van der Waals surface area contributed by atoms with Crippen LogP contribution in [0.25, 0.3) is 22.5 Å². The fourth-order valence-corrected chi connectivity index (χ4v) is 2.84. The maximum atomic E-state index is 12.0. The molecule has 0 spiro atoms. The fourth-order valence-electron chi connectivity index (χ4n) is 2.32. The predicted molar refractivity (Wildman–Crippen MR) is 90.7 cm³/mol. The molecule has 0 aliphatic carbocycles. The maximum absolute atomic E-state index is 12.0. The summed E-state index contributed by atoms with van der Waals surface area (Å²) in [4.78, 5) is 8.30. The first kappa shape index (κ1) is 15.8. The third kappa shape index (κ3) is 3.03. The van der Waals surface area contributed by atoms with Gasteiger partial charge in [0.05, 0.1) is 11.4 Å². The van der Waals surface area contributed by atoms with E-state index in [2.05, 4.69) is 16.0 Å². The van der Waals surface area contributed by atoms with Crippen molar-refractivity contribution < 1.29 is 8.42 Å². The average Bonchev–Trinajstić information content (AvgIpc) is 2.61. The van der Waals surface area contributed by atoms with Gasteiger partial charge in [-0.1, -0.05) is 60.7 Å². The third-order valence-electron chi connectivity index (χ3n) is 3.43. The molecule has 0 amide bonds. The van der Waals surface area contributed by atoms with E-state index in [1.165, 1.54) is 0 Å². The molecule has 2 aromatic carbocycles. The van der Waals surface area contributed by atoms with E-state index >= 15 is 0 Å². The van der Waals surface area contributed by atoms with E-state index in [0.717, 1.165) is 6.26 Å². The molecular weight excluding hydrogens is 322 g/mol. The summed E-state index contributed by atoms with van der Waals surface area (Å²) < 4.78 is 24.0. The molecule has 1 aromatic heterocycles. The highest BCUT2D eigenvalue weighted by molar-refractivity contribution is 7.90. The van der Waals surface area contributed by atoms with Gasteiger partial charge in [-0.3, -0.25) is 0 Å². The van der Waals surface area contributed by atoms with E-state index in [0.29, 0.717) is 22.5 Å². The Morgan fingerprint density at radius 3 is 1.58 bits per heavy atom. The molecule has 1 heterocycles. The molecule has 0 aliphatic heterocycles. The number of rotatable bonds is 3. The summed E-state index contributed by atoms with van der Waals surface area (Å²) in [5, 5.41) is 9.34. The highest BCUT2D eigenvalue weighted by Gasteiger charge is 2.21. The number of aromatic nitrogens is 2. The Balaban J connectivity index is 2.40. The van der Waals surface area contributed by atoms with Crippen molar-refractivity contribution >= 4 is 9.84 Å². The summed E-state index contributed by atoms with van der Waals surface area (Å²) in [7, 11) is -3.62. The second kappa shape index (κ2) is 6.22. The maximum Gasteiger partial charge on any atom is 0.248 e. The molecule has 0 radical (unpaired) electrons. The van der Waals surface area contributed by atoms with Crippen molar-refractivity contribution in [2.24, 2.45) is 0 Å². The monoisotopic (exact) mass is 335 g/mol.